The fourth-order valence-corrected chi connectivity index (χ4v) is 4.97. The number of anilines is 1. The van der Waals surface area contributed by atoms with Crippen LogP contribution >= 0.6 is 0 Å². The first-order valence-corrected chi connectivity index (χ1v) is 15.2. The van der Waals surface area contributed by atoms with Gasteiger partial charge in [0.25, 0.3) is 0 Å². The number of carboxylic acid groups (broad SMARTS) is 1. The number of carbonyl (C=O) groups is 1. The maximum absolute atomic E-state index is 14.0. The lowest BCUT2D eigenvalue weighted by Crippen LogP contribution is -2.26. The molecular weight excluding hydrogens is 699 g/mol. The van der Waals surface area contributed by atoms with E-state index in [1.807, 2.05) is 13.8 Å². The summed E-state index contributed by atoms with van der Waals surface area (Å²) in [6, 6.07) is 7.01. The van der Waals surface area contributed by atoms with Crippen molar-refractivity contribution >= 4 is 11.9 Å². The largest absolute Gasteiger partial charge is 0.494 e. The standard InChI is InChI=1S/C34H31F9N4O4/c1-19(2)27-8-9-28(50-3)30(46-27)26-7-6-22(32(35,36)37)13-21(26)18-47(31-44-15-25(16-45-31)51-10-4-5-29(48)49)17-20-11-23(33(38,39)40)14-24(12-20)34(41,42)43/h6-9,11-16,19H,4-5,10,17-18H2,1-3H3,(H,48,49). The van der Waals surface area contributed by atoms with Crippen LogP contribution in [0.1, 0.15) is 66.1 Å². The van der Waals surface area contributed by atoms with Gasteiger partial charge < -0.3 is 19.5 Å². The predicted octanol–water partition coefficient (Wildman–Crippen LogP) is 9.18. The van der Waals surface area contributed by atoms with Gasteiger partial charge in [-0.15, -0.1) is 0 Å². The number of nitrogens with zero attached hydrogens (tertiary/aromatic N) is 4. The fraction of sp³-hybridized carbons (Fsp3) is 0.353. The lowest BCUT2D eigenvalue weighted by atomic mass is 9.98. The van der Waals surface area contributed by atoms with Crippen LogP contribution in [0.2, 0.25) is 0 Å². The Bertz CT molecular complexity index is 1790. The van der Waals surface area contributed by atoms with Gasteiger partial charge in [-0.2, -0.15) is 39.5 Å². The van der Waals surface area contributed by atoms with Crippen LogP contribution in [0.3, 0.4) is 0 Å². The molecule has 0 fully saturated rings. The highest BCUT2D eigenvalue weighted by Crippen LogP contribution is 2.39. The van der Waals surface area contributed by atoms with Crippen molar-refractivity contribution in [3.63, 3.8) is 0 Å². The number of carboxylic acids is 1. The smallest absolute Gasteiger partial charge is 0.416 e. The van der Waals surface area contributed by atoms with Gasteiger partial charge in [-0.1, -0.05) is 19.9 Å². The summed E-state index contributed by atoms with van der Waals surface area (Å²) in [4.78, 5) is 24.8. The molecule has 274 valence electrons. The van der Waals surface area contributed by atoms with Gasteiger partial charge in [-0.05, 0) is 65.9 Å². The first-order valence-electron chi connectivity index (χ1n) is 15.2. The molecule has 0 aliphatic carbocycles. The molecule has 0 saturated carbocycles. The molecule has 4 rings (SSSR count). The number of aromatic nitrogens is 3. The van der Waals surface area contributed by atoms with Crippen molar-refractivity contribution in [1.82, 2.24) is 15.0 Å². The van der Waals surface area contributed by atoms with Crippen LogP contribution in [0, 0.1) is 0 Å². The lowest BCUT2D eigenvalue weighted by molar-refractivity contribution is -0.143. The maximum atomic E-state index is 14.0. The van der Waals surface area contributed by atoms with Crippen molar-refractivity contribution in [2.75, 3.05) is 18.6 Å². The van der Waals surface area contributed by atoms with Gasteiger partial charge in [0.2, 0.25) is 5.95 Å². The number of rotatable bonds is 13. The Balaban J connectivity index is 1.87. The monoisotopic (exact) mass is 730 g/mol. The number of halogens is 9. The lowest BCUT2D eigenvalue weighted by Gasteiger charge is -2.26. The molecule has 0 spiro atoms. The van der Waals surface area contributed by atoms with Crippen molar-refractivity contribution in [1.29, 1.82) is 0 Å². The van der Waals surface area contributed by atoms with E-state index < -0.39 is 59.8 Å². The third-order valence-corrected chi connectivity index (χ3v) is 7.46. The second-order valence-corrected chi connectivity index (χ2v) is 11.6. The molecule has 4 aromatic rings. The average Bonchev–Trinajstić information content (AvgIpc) is 3.05. The molecule has 0 saturated heterocycles. The van der Waals surface area contributed by atoms with Crippen LogP contribution in [-0.4, -0.2) is 39.7 Å². The Morgan fingerprint density at radius 3 is 1.96 bits per heavy atom. The summed E-state index contributed by atoms with van der Waals surface area (Å²) in [5.41, 5.74) is -3.94. The average molecular weight is 731 g/mol. The molecule has 0 amide bonds. The van der Waals surface area contributed by atoms with E-state index in [1.54, 1.807) is 12.1 Å². The van der Waals surface area contributed by atoms with Crippen molar-refractivity contribution in [3.05, 3.63) is 94.4 Å². The Hall–Kier alpha value is -5.09. The van der Waals surface area contributed by atoms with E-state index in [0.717, 1.165) is 35.5 Å². The minimum Gasteiger partial charge on any atom is -0.494 e. The second-order valence-electron chi connectivity index (χ2n) is 11.6. The molecular formula is C34H31F9N4O4. The topological polar surface area (TPSA) is 97.7 Å². The number of aliphatic carboxylic acids is 1. The van der Waals surface area contributed by atoms with Crippen molar-refractivity contribution < 1.29 is 58.9 Å². The molecule has 0 radical (unpaired) electrons. The molecule has 2 aromatic heterocycles. The molecule has 0 atom stereocenters. The third kappa shape index (κ3) is 10.2. The van der Waals surface area contributed by atoms with Gasteiger partial charge in [0.1, 0.15) is 11.4 Å². The third-order valence-electron chi connectivity index (χ3n) is 7.46. The highest BCUT2D eigenvalue weighted by molar-refractivity contribution is 5.71. The molecule has 51 heavy (non-hydrogen) atoms. The summed E-state index contributed by atoms with van der Waals surface area (Å²) in [6.07, 6.45) is -12.9. The molecule has 1 N–H and O–H groups in total. The minimum absolute atomic E-state index is 0.0363. The van der Waals surface area contributed by atoms with E-state index in [4.69, 9.17) is 14.6 Å². The van der Waals surface area contributed by atoms with Crippen LogP contribution in [0.25, 0.3) is 11.3 Å². The van der Waals surface area contributed by atoms with E-state index >= 15 is 0 Å². The Kier molecular flexibility index (Phi) is 11.7. The Morgan fingerprint density at radius 2 is 1.43 bits per heavy atom. The summed E-state index contributed by atoms with van der Waals surface area (Å²) in [6.45, 7) is 2.38. The Labute approximate surface area is 285 Å². The quantitative estimate of drug-likeness (QED) is 0.108. The van der Waals surface area contributed by atoms with Crippen LogP contribution in [0.4, 0.5) is 45.5 Å². The number of methoxy groups -OCH3 is 1. The highest BCUT2D eigenvalue weighted by Gasteiger charge is 2.37. The van der Waals surface area contributed by atoms with Crippen molar-refractivity contribution in [2.45, 2.75) is 64.2 Å². The van der Waals surface area contributed by atoms with Crippen LogP contribution in [0.5, 0.6) is 11.5 Å². The summed E-state index contributed by atoms with van der Waals surface area (Å²) in [7, 11) is 1.33. The molecule has 8 nitrogen and oxygen atoms in total. The zero-order valence-corrected chi connectivity index (χ0v) is 27.2. The number of ether oxygens (including phenoxy) is 2. The van der Waals surface area contributed by atoms with Crippen LogP contribution in [0.15, 0.2) is 60.9 Å². The van der Waals surface area contributed by atoms with Crippen LogP contribution in [-0.2, 0) is 36.4 Å². The first-order chi connectivity index (χ1) is 23.8. The molecule has 0 bridgehead atoms. The van der Waals surface area contributed by atoms with Gasteiger partial charge >= 0.3 is 24.5 Å². The molecule has 2 aromatic carbocycles. The number of alkyl halides is 9. The normalized spacial score (nSPS) is 12.3. The molecule has 0 aliphatic rings. The van der Waals surface area contributed by atoms with Gasteiger partial charge in [-0.3, -0.25) is 4.79 Å². The number of hydrogen-bond acceptors (Lipinski definition) is 7. The van der Waals surface area contributed by atoms with Crippen LogP contribution < -0.4 is 14.4 Å². The first kappa shape index (κ1) is 38.7. The summed E-state index contributed by atoms with van der Waals surface area (Å²) < 4.78 is 135. The van der Waals surface area contributed by atoms with E-state index in [2.05, 4.69) is 15.0 Å². The zero-order chi connectivity index (χ0) is 37.7. The van der Waals surface area contributed by atoms with E-state index in [-0.39, 0.29) is 65.7 Å². The highest BCUT2D eigenvalue weighted by atomic mass is 19.4. The molecule has 0 unspecified atom stereocenters. The van der Waals surface area contributed by atoms with Gasteiger partial charge in [0, 0.05) is 30.8 Å². The maximum Gasteiger partial charge on any atom is 0.416 e. The van der Waals surface area contributed by atoms with Gasteiger partial charge in [0.15, 0.2) is 5.75 Å². The second kappa shape index (κ2) is 15.4. The predicted molar refractivity (Wildman–Crippen MR) is 166 cm³/mol. The Morgan fingerprint density at radius 1 is 0.824 bits per heavy atom. The molecule has 2 heterocycles. The summed E-state index contributed by atoms with van der Waals surface area (Å²) in [5.74, 6) is -1.19. The van der Waals surface area contributed by atoms with Crippen molar-refractivity contribution in [2.24, 2.45) is 0 Å². The van der Waals surface area contributed by atoms with E-state index in [1.165, 1.54) is 7.11 Å². The molecule has 0 aliphatic heterocycles. The van der Waals surface area contributed by atoms with Gasteiger partial charge in [-0.25, -0.2) is 15.0 Å². The fourth-order valence-electron chi connectivity index (χ4n) is 4.97. The number of benzene rings is 2. The minimum atomic E-state index is -5.16. The summed E-state index contributed by atoms with van der Waals surface area (Å²) >= 11 is 0. The molecule has 17 heteroatoms. The van der Waals surface area contributed by atoms with E-state index in [9.17, 15) is 44.3 Å². The zero-order valence-electron chi connectivity index (χ0n) is 27.2. The SMILES string of the molecule is COc1ccc(C(C)C)nc1-c1ccc(C(F)(F)F)cc1CN(Cc1cc(C(F)(F)F)cc(C(F)(F)F)c1)c1ncc(OCCCC(=O)O)cn1. The summed E-state index contributed by atoms with van der Waals surface area (Å²) in [5, 5.41) is 8.81. The van der Waals surface area contributed by atoms with Crippen molar-refractivity contribution in [3.8, 4) is 22.8 Å². The number of hydrogen-bond donors (Lipinski definition) is 1. The van der Waals surface area contributed by atoms with E-state index in [0.29, 0.717) is 17.8 Å². The number of pyridine rings is 1. The van der Waals surface area contributed by atoms with Gasteiger partial charge in [0.05, 0.1) is 42.8 Å².